The number of rotatable bonds is 3. The minimum Gasteiger partial charge on any atom is -0.391 e. The molecule has 1 aliphatic rings. The van der Waals surface area contributed by atoms with E-state index in [-0.39, 0.29) is 12.1 Å². The average Bonchev–Trinajstić information content (AvgIpc) is 2.61. The lowest BCUT2D eigenvalue weighted by atomic mass is 9.81. The Morgan fingerprint density at radius 3 is 2.76 bits per heavy atom. The van der Waals surface area contributed by atoms with E-state index in [4.69, 9.17) is 0 Å². The van der Waals surface area contributed by atoms with Gasteiger partial charge in [0.2, 0.25) is 0 Å². The lowest BCUT2D eigenvalue weighted by Crippen LogP contribution is -2.32. The van der Waals surface area contributed by atoms with Gasteiger partial charge in [0.1, 0.15) is 0 Å². The van der Waals surface area contributed by atoms with E-state index in [1.165, 1.54) is 25.0 Å². The molecule has 96 valence electrons. The summed E-state index contributed by atoms with van der Waals surface area (Å²) in [5.74, 6) is 0.761. The smallest absolute Gasteiger partial charge is 0.0783 e. The predicted molar refractivity (Wildman–Crippen MR) is 69.0 cm³/mol. The lowest BCUT2D eigenvalue weighted by molar-refractivity contribution is 0.0454. The van der Waals surface area contributed by atoms with E-state index in [2.05, 4.69) is 25.0 Å². The highest BCUT2D eigenvalue weighted by Crippen LogP contribution is 2.35. The van der Waals surface area contributed by atoms with Crippen LogP contribution in [0.1, 0.15) is 56.5 Å². The van der Waals surface area contributed by atoms with Crippen molar-refractivity contribution in [2.24, 2.45) is 5.92 Å². The summed E-state index contributed by atoms with van der Waals surface area (Å²) in [5, 5.41) is 14.7. The van der Waals surface area contributed by atoms with Gasteiger partial charge in [-0.2, -0.15) is 5.10 Å². The fourth-order valence-corrected chi connectivity index (χ4v) is 3.13. The summed E-state index contributed by atoms with van der Waals surface area (Å²) in [6.45, 7) is 6.34. The van der Waals surface area contributed by atoms with Crippen molar-refractivity contribution in [1.29, 1.82) is 0 Å². The summed E-state index contributed by atoms with van der Waals surface area (Å²) in [4.78, 5) is 0. The van der Waals surface area contributed by atoms with E-state index in [0.717, 1.165) is 24.5 Å². The van der Waals surface area contributed by atoms with Crippen LogP contribution < -0.4 is 0 Å². The van der Waals surface area contributed by atoms with Crippen LogP contribution in [-0.2, 0) is 0 Å². The van der Waals surface area contributed by atoms with E-state index in [1.54, 1.807) is 0 Å². The topological polar surface area (TPSA) is 38.0 Å². The third kappa shape index (κ3) is 2.71. The minimum atomic E-state index is -0.221. The van der Waals surface area contributed by atoms with Gasteiger partial charge in [-0.1, -0.05) is 19.8 Å². The second-order valence-electron chi connectivity index (χ2n) is 5.47. The molecule has 1 aliphatic carbocycles. The van der Waals surface area contributed by atoms with Crippen LogP contribution in [0.5, 0.6) is 0 Å². The lowest BCUT2D eigenvalue weighted by Gasteiger charge is -2.34. The highest BCUT2D eigenvalue weighted by atomic mass is 16.3. The van der Waals surface area contributed by atoms with Crippen molar-refractivity contribution in [1.82, 2.24) is 9.78 Å². The zero-order chi connectivity index (χ0) is 12.4. The van der Waals surface area contributed by atoms with Crippen molar-refractivity contribution in [3.8, 4) is 0 Å². The van der Waals surface area contributed by atoms with Crippen molar-refractivity contribution in [3.05, 3.63) is 17.5 Å². The molecule has 17 heavy (non-hydrogen) atoms. The Bertz CT molecular complexity index is 372. The zero-order valence-electron chi connectivity index (χ0n) is 11.2. The molecule has 2 rings (SSSR count). The molecule has 0 aliphatic heterocycles. The van der Waals surface area contributed by atoms with Crippen LogP contribution in [0.2, 0.25) is 0 Å². The van der Waals surface area contributed by atoms with Crippen molar-refractivity contribution in [2.45, 2.75) is 65.0 Å². The van der Waals surface area contributed by atoms with Crippen LogP contribution >= 0.6 is 0 Å². The Hall–Kier alpha value is -0.830. The molecule has 1 heterocycles. The molecular formula is C14H24N2O. The first-order chi connectivity index (χ1) is 8.11. The van der Waals surface area contributed by atoms with Crippen LogP contribution in [0.3, 0.4) is 0 Å². The van der Waals surface area contributed by atoms with Gasteiger partial charge >= 0.3 is 0 Å². The first kappa shape index (κ1) is 12.6. The Labute approximate surface area is 104 Å². The van der Waals surface area contributed by atoms with Gasteiger partial charge in [-0.3, -0.25) is 4.68 Å². The summed E-state index contributed by atoms with van der Waals surface area (Å²) in [6.07, 6.45) is 5.48. The molecule has 0 radical (unpaired) electrons. The Morgan fingerprint density at radius 2 is 2.18 bits per heavy atom. The number of nitrogens with zero attached hydrogens (tertiary/aromatic N) is 2. The SMILES string of the molecule is CCCC1CCC(O)C(n2nc(C)cc2C)C1. The van der Waals surface area contributed by atoms with Gasteiger partial charge in [-0.15, -0.1) is 0 Å². The zero-order valence-corrected chi connectivity index (χ0v) is 11.2. The molecule has 1 fully saturated rings. The monoisotopic (exact) mass is 236 g/mol. The Kier molecular flexibility index (Phi) is 3.87. The molecule has 3 heteroatoms. The number of hydrogen-bond donors (Lipinski definition) is 1. The normalized spacial score (nSPS) is 29.5. The van der Waals surface area contributed by atoms with E-state index in [9.17, 15) is 5.11 Å². The van der Waals surface area contributed by atoms with E-state index < -0.39 is 0 Å². The van der Waals surface area contributed by atoms with Crippen molar-refractivity contribution >= 4 is 0 Å². The highest BCUT2D eigenvalue weighted by Gasteiger charge is 2.31. The molecule has 1 N–H and O–H groups in total. The van der Waals surface area contributed by atoms with Crippen LogP contribution in [0.25, 0.3) is 0 Å². The van der Waals surface area contributed by atoms with Gasteiger partial charge in [-0.05, 0) is 45.1 Å². The Balaban J connectivity index is 2.14. The Morgan fingerprint density at radius 1 is 1.41 bits per heavy atom. The van der Waals surface area contributed by atoms with Gasteiger partial charge in [0, 0.05) is 5.69 Å². The quantitative estimate of drug-likeness (QED) is 0.876. The summed E-state index contributed by atoms with van der Waals surface area (Å²) in [6, 6.07) is 2.28. The maximum absolute atomic E-state index is 10.2. The van der Waals surface area contributed by atoms with Crippen LogP contribution in [0.15, 0.2) is 6.07 Å². The molecule has 0 aromatic carbocycles. The molecule has 3 atom stereocenters. The number of aliphatic hydroxyl groups excluding tert-OH is 1. The van der Waals surface area contributed by atoms with Gasteiger partial charge in [0.25, 0.3) is 0 Å². The summed E-state index contributed by atoms with van der Waals surface area (Å²) < 4.78 is 2.04. The molecule has 1 saturated carbocycles. The number of aryl methyl sites for hydroxylation is 2. The van der Waals surface area contributed by atoms with Gasteiger partial charge in [0.05, 0.1) is 17.8 Å². The van der Waals surface area contributed by atoms with E-state index in [1.807, 2.05) is 11.6 Å². The van der Waals surface area contributed by atoms with Crippen LogP contribution in [-0.4, -0.2) is 21.0 Å². The third-order valence-electron chi connectivity index (χ3n) is 3.95. The first-order valence-electron chi connectivity index (χ1n) is 6.82. The number of hydrogen-bond acceptors (Lipinski definition) is 2. The maximum Gasteiger partial charge on any atom is 0.0783 e. The largest absolute Gasteiger partial charge is 0.391 e. The molecule has 0 amide bonds. The standard InChI is InChI=1S/C14H24N2O/c1-4-5-12-6-7-14(17)13(9-12)16-11(3)8-10(2)15-16/h8,12-14,17H,4-7,9H2,1-3H3. The van der Waals surface area contributed by atoms with Crippen LogP contribution in [0, 0.1) is 19.8 Å². The molecule has 3 unspecified atom stereocenters. The highest BCUT2D eigenvalue weighted by molar-refractivity contribution is 5.08. The molecule has 0 spiro atoms. The fraction of sp³-hybridized carbons (Fsp3) is 0.786. The van der Waals surface area contributed by atoms with E-state index in [0.29, 0.717) is 0 Å². The van der Waals surface area contributed by atoms with E-state index >= 15 is 0 Å². The molecule has 1 aromatic rings. The molecule has 1 aromatic heterocycles. The second-order valence-corrected chi connectivity index (χ2v) is 5.47. The number of aromatic nitrogens is 2. The second kappa shape index (κ2) is 5.21. The van der Waals surface area contributed by atoms with Crippen molar-refractivity contribution in [3.63, 3.8) is 0 Å². The molecule has 0 bridgehead atoms. The van der Waals surface area contributed by atoms with Gasteiger partial charge in [0.15, 0.2) is 0 Å². The van der Waals surface area contributed by atoms with Crippen molar-refractivity contribution < 1.29 is 5.11 Å². The van der Waals surface area contributed by atoms with Gasteiger partial charge < -0.3 is 5.11 Å². The fourth-order valence-electron chi connectivity index (χ4n) is 3.13. The first-order valence-corrected chi connectivity index (χ1v) is 6.82. The molecule has 0 saturated heterocycles. The minimum absolute atomic E-state index is 0.189. The number of aliphatic hydroxyl groups is 1. The van der Waals surface area contributed by atoms with Crippen LogP contribution in [0.4, 0.5) is 0 Å². The molecule has 3 nitrogen and oxygen atoms in total. The average molecular weight is 236 g/mol. The summed E-state index contributed by atoms with van der Waals surface area (Å²) >= 11 is 0. The predicted octanol–water partition coefficient (Wildman–Crippen LogP) is 3.00. The molecular weight excluding hydrogens is 212 g/mol. The maximum atomic E-state index is 10.2. The van der Waals surface area contributed by atoms with Gasteiger partial charge in [-0.25, -0.2) is 0 Å². The third-order valence-corrected chi connectivity index (χ3v) is 3.95. The summed E-state index contributed by atoms with van der Waals surface area (Å²) in [5.41, 5.74) is 2.22. The summed E-state index contributed by atoms with van der Waals surface area (Å²) in [7, 11) is 0. The van der Waals surface area contributed by atoms with Crippen molar-refractivity contribution in [2.75, 3.05) is 0 Å².